The molecule has 0 saturated carbocycles. The number of carbonyl (C=O) groups is 2. The van der Waals surface area contributed by atoms with Crippen LogP contribution >= 0.6 is 0 Å². The van der Waals surface area contributed by atoms with Crippen LogP contribution in [0, 0.1) is 0 Å². The van der Waals surface area contributed by atoms with Crippen molar-refractivity contribution in [2.45, 2.75) is 12.3 Å². The van der Waals surface area contributed by atoms with Gasteiger partial charge in [-0.1, -0.05) is 42.5 Å². The third-order valence-corrected chi connectivity index (χ3v) is 4.12. The summed E-state index contributed by atoms with van der Waals surface area (Å²) < 4.78 is 0. The van der Waals surface area contributed by atoms with Crippen LogP contribution < -0.4 is 5.32 Å². The highest BCUT2D eigenvalue weighted by Gasteiger charge is 2.32. The van der Waals surface area contributed by atoms with Crippen molar-refractivity contribution >= 4 is 33.4 Å². The Kier molecular flexibility index (Phi) is 2.54. The third-order valence-electron chi connectivity index (χ3n) is 4.12. The smallest absolute Gasteiger partial charge is 0.234 e. The molecule has 3 heteroatoms. The van der Waals surface area contributed by atoms with Crippen LogP contribution in [0.25, 0.3) is 21.5 Å². The number of hydrogen-bond donors (Lipinski definition) is 1. The lowest BCUT2D eigenvalue weighted by Gasteiger charge is -2.11. The molecule has 3 nitrogen and oxygen atoms in total. The molecule has 0 spiro atoms. The van der Waals surface area contributed by atoms with E-state index in [1.807, 2.05) is 30.3 Å². The normalized spacial score (nSPS) is 18.4. The van der Waals surface area contributed by atoms with E-state index in [0.717, 1.165) is 21.7 Å². The Morgan fingerprint density at radius 3 is 2.29 bits per heavy atom. The lowest BCUT2D eigenvalue weighted by Crippen LogP contribution is -2.21. The summed E-state index contributed by atoms with van der Waals surface area (Å²) in [6.45, 7) is 0. The zero-order valence-electron chi connectivity index (χ0n) is 11.3. The van der Waals surface area contributed by atoms with Crippen molar-refractivity contribution in [1.29, 1.82) is 0 Å². The predicted molar refractivity (Wildman–Crippen MR) is 82.0 cm³/mol. The summed E-state index contributed by atoms with van der Waals surface area (Å²) in [5.41, 5.74) is 0.932. The number of carbonyl (C=O) groups excluding carboxylic acids is 2. The van der Waals surface area contributed by atoms with E-state index in [2.05, 4.69) is 29.6 Å². The molecule has 1 aliphatic heterocycles. The SMILES string of the molecule is O=C1CC(c2cccc3cc4ccccc4cc23)C(=O)N1. The van der Waals surface area contributed by atoms with Crippen LogP contribution in [0.2, 0.25) is 0 Å². The van der Waals surface area contributed by atoms with Gasteiger partial charge in [-0.2, -0.15) is 0 Å². The van der Waals surface area contributed by atoms with Crippen molar-refractivity contribution in [3.05, 3.63) is 60.2 Å². The van der Waals surface area contributed by atoms with Crippen LogP contribution in [0.3, 0.4) is 0 Å². The molecule has 2 amide bonds. The standard InChI is InChI=1S/C18H13NO2/c20-17-10-16(18(21)19-17)14-7-3-6-13-8-11-4-1-2-5-12(11)9-15(13)14/h1-9,16H,10H2,(H,19,20,21). The summed E-state index contributed by atoms with van der Waals surface area (Å²) in [5.74, 6) is -0.759. The molecule has 21 heavy (non-hydrogen) atoms. The topological polar surface area (TPSA) is 46.2 Å². The predicted octanol–water partition coefficient (Wildman–Crippen LogP) is 3.12. The molecular weight excluding hydrogens is 262 g/mol. The van der Waals surface area contributed by atoms with Gasteiger partial charge in [0.15, 0.2) is 0 Å². The quantitative estimate of drug-likeness (QED) is 0.548. The van der Waals surface area contributed by atoms with Crippen LogP contribution in [0.1, 0.15) is 17.9 Å². The Morgan fingerprint density at radius 2 is 1.57 bits per heavy atom. The molecule has 1 atom stereocenters. The van der Waals surface area contributed by atoms with Gasteiger partial charge >= 0.3 is 0 Å². The third kappa shape index (κ3) is 1.89. The van der Waals surface area contributed by atoms with Gasteiger partial charge in [0.1, 0.15) is 0 Å². The van der Waals surface area contributed by atoms with Crippen molar-refractivity contribution in [3.8, 4) is 0 Å². The monoisotopic (exact) mass is 275 g/mol. The number of fused-ring (bicyclic) bond motifs is 2. The first-order valence-corrected chi connectivity index (χ1v) is 6.97. The number of hydrogen-bond acceptors (Lipinski definition) is 2. The fourth-order valence-electron chi connectivity index (χ4n) is 3.10. The van der Waals surface area contributed by atoms with Crippen LogP contribution in [-0.2, 0) is 9.59 Å². The van der Waals surface area contributed by atoms with Crippen molar-refractivity contribution in [3.63, 3.8) is 0 Å². The molecule has 3 aromatic rings. The zero-order chi connectivity index (χ0) is 14.4. The summed E-state index contributed by atoms with van der Waals surface area (Å²) in [7, 11) is 0. The molecule has 1 aliphatic rings. The Morgan fingerprint density at radius 1 is 0.857 bits per heavy atom. The Hall–Kier alpha value is -2.68. The van der Waals surface area contributed by atoms with Crippen LogP contribution in [0.4, 0.5) is 0 Å². The molecule has 1 fully saturated rings. The van der Waals surface area contributed by atoms with Gasteiger partial charge in [0.2, 0.25) is 11.8 Å². The fourth-order valence-corrected chi connectivity index (χ4v) is 3.10. The number of imide groups is 1. The minimum absolute atomic E-state index is 0.192. The van der Waals surface area contributed by atoms with Gasteiger partial charge in [-0.25, -0.2) is 0 Å². The molecular formula is C18H13NO2. The molecule has 1 heterocycles. The first kappa shape index (κ1) is 12.1. The van der Waals surface area contributed by atoms with Gasteiger partial charge in [-0.15, -0.1) is 0 Å². The lowest BCUT2D eigenvalue weighted by molar-refractivity contribution is -0.125. The molecule has 0 bridgehead atoms. The van der Waals surface area contributed by atoms with Crippen molar-refractivity contribution < 1.29 is 9.59 Å². The first-order valence-electron chi connectivity index (χ1n) is 6.97. The molecule has 1 saturated heterocycles. The van der Waals surface area contributed by atoms with Gasteiger partial charge in [0, 0.05) is 6.42 Å². The van der Waals surface area contributed by atoms with Crippen molar-refractivity contribution in [1.82, 2.24) is 5.32 Å². The largest absolute Gasteiger partial charge is 0.296 e. The van der Waals surface area contributed by atoms with E-state index in [1.54, 1.807) is 0 Å². The van der Waals surface area contributed by atoms with Gasteiger partial charge < -0.3 is 0 Å². The Bertz CT molecular complexity index is 898. The van der Waals surface area contributed by atoms with E-state index in [-0.39, 0.29) is 24.2 Å². The second-order valence-corrected chi connectivity index (χ2v) is 5.44. The fraction of sp³-hybridized carbons (Fsp3) is 0.111. The molecule has 0 radical (unpaired) electrons. The number of nitrogens with one attached hydrogen (secondary N) is 1. The van der Waals surface area contributed by atoms with E-state index in [9.17, 15) is 9.59 Å². The van der Waals surface area contributed by atoms with E-state index in [4.69, 9.17) is 0 Å². The highest BCUT2D eigenvalue weighted by molar-refractivity contribution is 6.09. The van der Waals surface area contributed by atoms with E-state index >= 15 is 0 Å². The van der Waals surface area contributed by atoms with E-state index in [0.29, 0.717) is 0 Å². The summed E-state index contributed by atoms with van der Waals surface area (Å²) in [6.07, 6.45) is 0.241. The van der Waals surface area contributed by atoms with Gasteiger partial charge in [-0.05, 0) is 39.2 Å². The van der Waals surface area contributed by atoms with E-state index in [1.165, 1.54) is 5.39 Å². The minimum Gasteiger partial charge on any atom is -0.296 e. The molecule has 4 rings (SSSR count). The maximum atomic E-state index is 12.0. The molecule has 102 valence electrons. The molecule has 3 aromatic carbocycles. The summed E-state index contributed by atoms with van der Waals surface area (Å²) >= 11 is 0. The second kappa shape index (κ2) is 4.42. The van der Waals surface area contributed by atoms with Gasteiger partial charge in [0.05, 0.1) is 5.92 Å². The second-order valence-electron chi connectivity index (χ2n) is 5.44. The number of benzene rings is 3. The summed E-state index contributed by atoms with van der Waals surface area (Å²) in [5, 5.41) is 6.85. The molecule has 0 aromatic heterocycles. The number of amides is 2. The highest BCUT2D eigenvalue weighted by Crippen LogP contribution is 2.33. The van der Waals surface area contributed by atoms with Crippen molar-refractivity contribution in [2.75, 3.05) is 0 Å². The maximum absolute atomic E-state index is 12.0. The molecule has 0 aliphatic carbocycles. The van der Waals surface area contributed by atoms with Crippen LogP contribution in [-0.4, -0.2) is 11.8 Å². The van der Waals surface area contributed by atoms with Crippen LogP contribution in [0.5, 0.6) is 0 Å². The van der Waals surface area contributed by atoms with Gasteiger partial charge in [-0.3, -0.25) is 14.9 Å². The van der Waals surface area contributed by atoms with E-state index < -0.39 is 0 Å². The number of rotatable bonds is 1. The minimum atomic E-state index is -0.373. The molecule has 1 unspecified atom stereocenters. The first-order chi connectivity index (χ1) is 10.2. The summed E-state index contributed by atoms with van der Waals surface area (Å²) in [6, 6.07) is 18.3. The Balaban J connectivity index is 1.99. The average Bonchev–Trinajstić information content (AvgIpc) is 2.83. The maximum Gasteiger partial charge on any atom is 0.234 e. The zero-order valence-corrected chi connectivity index (χ0v) is 11.3. The highest BCUT2D eigenvalue weighted by atomic mass is 16.2. The lowest BCUT2D eigenvalue weighted by atomic mass is 9.91. The summed E-state index contributed by atoms with van der Waals surface area (Å²) in [4.78, 5) is 23.4. The Labute approximate surface area is 121 Å². The molecule has 1 N–H and O–H groups in total. The average molecular weight is 275 g/mol. The van der Waals surface area contributed by atoms with Gasteiger partial charge in [0.25, 0.3) is 0 Å². The van der Waals surface area contributed by atoms with Crippen LogP contribution in [0.15, 0.2) is 54.6 Å². The van der Waals surface area contributed by atoms with Crippen molar-refractivity contribution in [2.24, 2.45) is 0 Å².